The Morgan fingerprint density at radius 2 is 1.19 bits per heavy atom. The van der Waals surface area contributed by atoms with E-state index in [2.05, 4.69) is 30.3 Å². The Balaban J connectivity index is 1.20. The highest BCUT2D eigenvalue weighted by molar-refractivity contribution is 6.21. The molecule has 0 radical (unpaired) electrons. The standard InChI is InChI=1S/C27H23NO3/c29-26-23-14-6-7-15-24(23)27(30)28(26)16-8-1-9-17-31-25-21-12-4-2-10-19(21)18-20-11-3-5-13-22(20)25/h2-7,10-15,18H,1,8-9,16-17H2. The normalized spacial score (nSPS) is 13.2. The molecule has 31 heavy (non-hydrogen) atoms. The zero-order chi connectivity index (χ0) is 21.2. The van der Waals surface area contributed by atoms with Gasteiger partial charge in [-0.1, -0.05) is 60.7 Å². The highest BCUT2D eigenvalue weighted by Crippen LogP contribution is 2.35. The quantitative estimate of drug-likeness (QED) is 0.219. The van der Waals surface area contributed by atoms with Crippen molar-refractivity contribution >= 4 is 33.4 Å². The number of carbonyl (C=O) groups excluding carboxylic acids is 2. The fraction of sp³-hybridized carbons (Fsp3) is 0.185. The van der Waals surface area contributed by atoms with Crippen molar-refractivity contribution in [3.8, 4) is 5.75 Å². The van der Waals surface area contributed by atoms with Gasteiger partial charge >= 0.3 is 0 Å². The van der Waals surface area contributed by atoms with Crippen molar-refractivity contribution in [2.75, 3.05) is 13.2 Å². The zero-order valence-electron chi connectivity index (χ0n) is 17.2. The van der Waals surface area contributed by atoms with E-state index < -0.39 is 0 Å². The number of nitrogens with zero attached hydrogens (tertiary/aromatic N) is 1. The number of ether oxygens (including phenoxy) is 1. The molecule has 4 aromatic carbocycles. The van der Waals surface area contributed by atoms with E-state index >= 15 is 0 Å². The maximum atomic E-state index is 12.4. The second-order valence-electron chi connectivity index (χ2n) is 7.86. The van der Waals surface area contributed by atoms with Gasteiger partial charge in [0.2, 0.25) is 0 Å². The Kier molecular flexibility index (Phi) is 5.13. The lowest BCUT2D eigenvalue weighted by Crippen LogP contribution is -2.30. The van der Waals surface area contributed by atoms with Crippen LogP contribution in [0.4, 0.5) is 0 Å². The number of unbranched alkanes of at least 4 members (excludes halogenated alkanes) is 2. The fourth-order valence-corrected chi connectivity index (χ4v) is 4.29. The molecule has 1 aliphatic rings. The van der Waals surface area contributed by atoms with Crippen LogP contribution in [0.3, 0.4) is 0 Å². The maximum absolute atomic E-state index is 12.4. The van der Waals surface area contributed by atoms with Gasteiger partial charge in [-0.2, -0.15) is 0 Å². The summed E-state index contributed by atoms with van der Waals surface area (Å²) >= 11 is 0. The summed E-state index contributed by atoms with van der Waals surface area (Å²) in [4.78, 5) is 26.2. The van der Waals surface area contributed by atoms with E-state index in [0.29, 0.717) is 24.3 Å². The maximum Gasteiger partial charge on any atom is 0.261 e. The Morgan fingerprint density at radius 3 is 1.81 bits per heavy atom. The monoisotopic (exact) mass is 409 g/mol. The summed E-state index contributed by atoms with van der Waals surface area (Å²) in [5.41, 5.74) is 1.03. The SMILES string of the molecule is O=C1c2ccccc2C(=O)N1CCCCCOc1c2ccccc2cc2ccccc12. The molecule has 1 aliphatic heterocycles. The molecule has 154 valence electrons. The van der Waals surface area contributed by atoms with E-state index in [4.69, 9.17) is 4.74 Å². The molecular weight excluding hydrogens is 386 g/mol. The van der Waals surface area contributed by atoms with Crippen LogP contribution in [0.5, 0.6) is 5.75 Å². The van der Waals surface area contributed by atoms with Crippen LogP contribution in [0, 0.1) is 0 Å². The van der Waals surface area contributed by atoms with Gasteiger partial charge in [0.05, 0.1) is 17.7 Å². The van der Waals surface area contributed by atoms with Crippen molar-refractivity contribution in [3.05, 3.63) is 90.0 Å². The first-order valence-corrected chi connectivity index (χ1v) is 10.7. The highest BCUT2D eigenvalue weighted by atomic mass is 16.5. The minimum absolute atomic E-state index is 0.181. The van der Waals surface area contributed by atoms with E-state index in [0.717, 1.165) is 35.8 Å². The van der Waals surface area contributed by atoms with Gasteiger partial charge < -0.3 is 4.74 Å². The molecule has 0 unspecified atom stereocenters. The Bertz CT molecular complexity index is 1210. The predicted octanol–water partition coefficient (Wildman–Crippen LogP) is 5.84. The number of amides is 2. The third-order valence-electron chi connectivity index (χ3n) is 5.87. The summed E-state index contributed by atoms with van der Waals surface area (Å²) in [5.74, 6) is 0.562. The fourth-order valence-electron chi connectivity index (χ4n) is 4.29. The predicted molar refractivity (Wildman–Crippen MR) is 123 cm³/mol. The number of rotatable bonds is 7. The Morgan fingerprint density at radius 1 is 0.645 bits per heavy atom. The third-order valence-corrected chi connectivity index (χ3v) is 5.87. The summed E-state index contributed by atoms with van der Waals surface area (Å²) in [6.45, 7) is 1.05. The Hall–Kier alpha value is -3.66. The topological polar surface area (TPSA) is 46.6 Å². The van der Waals surface area contributed by atoms with E-state index in [1.54, 1.807) is 24.3 Å². The minimum atomic E-state index is -0.181. The first kappa shape index (κ1) is 19.3. The molecule has 5 rings (SSSR count). The van der Waals surface area contributed by atoms with Crippen molar-refractivity contribution < 1.29 is 14.3 Å². The van der Waals surface area contributed by atoms with Gasteiger partial charge in [-0.05, 0) is 48.2 Å². The van der Waals surface area contributed by atoms with E-state index in [-0.39, 0.29) is 11.8 Å². The molecule has 0 saturated carbocycles. The van der Waals surface area contributed by atoms with Crippen LogP contribution in [0.25, 0.3) is 21.5 Å². The zero-order valence-corrected chi connectivity index (χ0v) is 17.2. The molecule has 0 aliphatic carbocycles. The van der Waals surface area contributed by atoms with Gasteiger partial charge in [0.1, 0.15) is 5.75 Å². The first-order valence-electron chi connectivity index (χ1n) is 10.7. The van der Waals surface area contributed by atoms with Gasteiger partial charge in [0.25, 0.3) is 11.8 Å². The molecule has 1 heterocycles. The largest absolute Gasteiger partial charge is 0.492 e. The van der Waals surface area contributed by atoms with E-state index in [1.165, 1.54) is 15.7 Å². The molecule has 0 atom stereocenters. The lowest BCUT2D eigenvalue weighted by molar-refractivity contribution is 0.0651. The second-order valence-corrected chi connectivity index (χ2v) is 7.86. The van der Waals surface area contributed by atoms with Gasteiger partial charge in [-0.3, -0.25) is 14.5 Å². The van der Waals surface area contributed by atoms with Gasteiger partial charge in [0.15, 0.2) is 0 Å². The number of imide groups is 1. The summed E-state index contributed by atoms with van der Waals surface area (Å²) in [7, 11) is 0. The van der Waals surface area contributed by atoms with Crippen LogP contribution >= 0.6 is 0 Å². The van der Waals surface area contributed by atoms with E-state index in [9.17, 15) is 9.59 Å². The number of fused-ring (bicyclic) bond motifs is 3. The lowest BCUT2D eigenvalue weighted by Gasteiger charge is -2.15. The van der Waals surface area contributed by atoms with Gasteiger partial charge in [-0.25, -0.2) is 0 Å². The minimum Gasteiger partial charge on any atom is -0.492 e. The molecule has 4 heteroatoms. The summed E-state index contributed by atoms with van der Waals surface area (Å²) < 4.78 is 6.25. The molecule has 0 spiro atoms. The molecule has 4 aromatic rings. The molecule has 0 bridgehead atoms. The summed E-state index contributed by atoms with van der Waals surface area (Å²) in [6, 6.07) is 25.8. The first-order chi connectivity index (χ1) is 15.2. The average molecular weight is 409 g/mol. The van der Waals surface area contributed by atoms with Crippen LogP contribution in [0.15, 0.2) is 78.9 Å². The van der Waals surface area contributed by atoms with Crippen molar-refractivity contribution in [2.45, 2.75) is 19.3 Å². The molecule has 4 nitrogen and oxygen atoms in total. The highest BCUT2D eigenvalue weighted by Gasteiger charge is 2.34. The number of benzene rings is 4. The van der Waals surface area contributed by atoms with Crippen molar-refractivity contribution in [1.29, 1.82) is 0 Å². The number of carbonyl (C=O) groups is 2. The van der Waals surface area contributed by atoms with Crippen LogP contribution in [0.1, 0.15) is 40.0 Å². The summed E-state index contributed by atoms with van der Waals surface area (Å²) in [5, 5.41) is 4.57. The van der Waals surface area contributed by atoms with Gasteiger partial charge in [-0.15, -0.1) is 0 Å². The molecule has 0 saturated heterocycles. The second kappa shape index (κ2) is 8.23. The Labute approximate surface area is 181 Å². The van der Waals surface area contributed by atoms with Crippen LogP contribution < -0.4 is 4.74 Å². The molecule has 0 fully saturated rings. The van der Waals surface area contributed by atoms with Crippen LogP contribution in [-0.4, -0.2) is 29.9 Å². The molecule has 2 amide bonds. The van der Waals surface area contributed by atoms with Crippen molar-refractivity contribution in [1.82, 2.24) is 4.90 Å². The average Bonchev–Trinajstić information content (AvgIpc) is 3.05. The summed E-state index contributed by atoms with van der Waals surface area (Å²) in [6.07, 6.45) is 2.52. The van der Waals surface area contributed by atoms with Crippen LogP contribution in [-0.2, 0) is 0 Å². The van der Waals surface area contributed by atoms with Crippen molar-refractivity contribution in [3.63, 3.8) is 0 Å². The lowest BCUT2D eigenvalue weighted by atomic mass is 10.0. The third kappa shape index (κ3) is 3.55. The molecule has 0 aromatic heterocycles. The van der Waals surface area contributed by atoms with Crippen molar-refractivity contribution in [2.24, 2.45) is 0 Å². The van der Waals surface area contributed by atoms with Crippen LogP contribution in [0.2, 0.25) is 0 Å². The smallest absolute Gasteiger partial charge is 0.261 e. The van der Waals surface area contributed by atoms with Gasteiger partial charge in [0, 0.05) is 17.3 Å². The molecule has 0 N–H and O–H groups in total. The molecular formula is C27H23NO3. The number of hydrogen-bond acceptors (Lipinski definition) is 3. The number of hydrogen-bond donors (Lipinski definition) is 0. The van der Waals surface area contributed by atoms with E-state index in [1.807, 2.05) is 24.3 Å².